The standard InChI is InChI=1S/C12H20N4/c1-8-6-15-11(13-4)16-10(8)14-7-9-5-12(9,2)3/h6,9H,5,7H2,1-4H3,(H2,13,14,15,16). The average Bonchev–Trinajstić information content (AvgIpc) is 2.85. The molecule has 1 aromatic heterocycles. The number of aromatic nitrogens is 2. The quantitative estimate of drug-likeness (QED) is 0.817. The second kappa shape index (κ2) is 3.92. The lowest BCUT2D eigenvalue weighted by molar-refractivity contribution is 0.572. The van der Waals surface area contributed by atoms with Crippen LogP contribution in [0.4, 0.5) is 11.8 Å². The molecule has 0 aromatic carbocycles. The van der Waals surface area contributed by atoms with Gasteiger partial charge in [-0.15, -0.1) is 0 Å². The minimum Gasteiger partial charge on any atom is -0.369 e. The van der Waals surface area contributed by atoms with E-state index in [1.54, 1.807) is 0 Å². The molecule has 1 aliphatic rings. The second-order valence-electron chi connectivity index (χ2n) is 5.25. The molecule has 2 rings (SSSR count). The van der Waals surface area contributed by atoms with Crippen molar-refractivity contribution < 1.29 is 0 Å². The normalized spacial score (nSPS) is 21.6. The van der Waals surface area contributed by atoms with Crippen LogP contribution in [0.1, 0.15) is 25.8 Å². The van der Waals surface area contributed by atoms with E-state index in [1.807, 2.05) is 20.2 Å². The summed E-state index contributed by atoms with van der Waals surface area (Å²) >= 11 is 0. The first-order valence-corrected chi connectivity index (χ1v) is 5.78. The van der Waals surface area contributed by atoms with Crippen molar-refractivity contribution in [2.24, 2.45) is 11.3 Å². The van der Waals surface area contributed by atoms with Crippen LogP contribution in [-0.4, -0.2) is 23.6 Å². The van der Waals surface area contributed by atoms with E-state index in [4.69, 9.17) is 0 Å². The summed E-state index contributed by atoms with van der Waals surface area (Å²) in [5.74, 6) is 2.39. The van der Waals surface area contributed by atoms with Crippen molar-refractivity contribution in [1.29, 1.82) is 0 Å². The van der Waals surface area contributed by atoms with Gasteiger partial charge in [0.15, 0.2) is 0 Å². The van der Waals surface area contributed by atoms with Crippen molar-refractivity contribution in [1.82, 2.24) is 9.97 Å². The number of aryl methyl sites for hydroxylation is 1. The lowest BCUT2D eigenvalue weighted by Crippen LogP contribution is -2.11. The summed E-state index contributed by atoms with van der Waals surface area (Å²) in [5.41, 5.74) is 1.61. The first-order chi connectivity index (χ1) is 7.53. The van der Waals surface area contributed by atoms with E-state index in [0.29, 0.717) is 11.4 Å². The molecule has 1 heterocycles. The summed E-state index contributed by atoms with van der Waals surface area (Å²) in [6, 6.07) is 0. The van der Waals surface area contributed by atoms with Gasteiger partial charge >= 0.3 is 0 Å². The van der Waals surface area contributed by atoms with Crippen molar-refractivity contribution in [3.63, 3.8) is 0 Å². The van der Waals surface area contributed by atoms with E-state index < -0.39 is 0 Å². The summed E-state index contributed by atoms with van der Waals surface area (Å²) in [4.78, 5) is 8.57. The molecule has 0 bridgehead atoms. The fourth-order valence-corrected chi connectivity index (χ4v) is 1.89. The van der Waals surface area contributed by atoms with Gasteiger partial charge in [-0.3, -0.25) is 0 Å². The lowest BCUT2D eigenvalue weighted by Gasteiger charge is -2.10. The molecule has 1 aliphatic carbocycles. The highest BCUT2D eigenvalue weighted by atomic mass is 15.1. The van der Waals surface area contributed by atoms with Crippen LogP contribution in [0.3, 0.4) is 0 Å². The lowest BCUT2D eigenvalue weighted by atomic mass is 10.1. The van der Waals surface area contributed by atoms with Crippen LogP contribution >= 0.6 is 0 Å². The molecule has 0 radical (unpaired) electrons. The van der Waals surface area contributed by atoms with Gasteiger partial charge in [0.2, 0.25) is 5.95 Å². The number of hydrogen-bond donors (Lipinski definition) is 2. The third-order valence-electron chi connectivity index (χ3n) is 3.43. The molecule has 1 fully saturated rings. The van der Waals surface area contributed by atoms with Crippen LogP contribution in [0.15, 0.2) is 6.20 Å². The van der Waals surface area contributed by atoms with Crippen LogP contribution in [-0.2, 0) is 0 Å². The predicted octanol–water partition coefficient (Wildman–Crippen LogP) is 2.28. The molecule has 1 unspecified atom stereocenters. The van der Waals surface area contributed by atoms with Gasteiger partial charge in [0.05, 0.1) is 0 Å². The van der Waals surface area contributed by atoms with Crippen molar-refractivity contribution in [3.05, 3.63) is 11.8 Å². The molecule has 2 N–H and O–H groups in total. The number of nitrogens with zero attached hydrogens (tertiary/aromatic N) is 2. The summed E-state index contributed by atoms with van der Waals surface area (Å²) in [6.07, 6.45) is 3.15. The molecule has 1 saturated carbocycles. The number of rotatable bonds is 4. The Bertz CT molecular complexity index is 387. The van der Waals surface area contributed by atoms with E-state index >= 15 is 0 Å². The Morgan fingerprint density at radius 1 is 1.50 bits per heavy atom. The molecular formula is C12H20N4. The van der Waals surface area contributed by atoms with Gasteiger partial charge in [-0.2, -0.15) is 4.98 Å². The topological polar surface area (TPSA) is 49.8 Å². The monoisotopic (exact) mass is 220 g/mol. The zero-order valence-electron chi connectivity index (χ0n) is 10.5. The Labute approximate surface area is 96.9 Å². The first-order valence-electron chi connectivity index (χ1n) is 5.78. The predicted molar refractivity (Wildman–Crippen MR) is 66.7 cm³/mol. The van der Waals surface area contributed by atoms with Crippen LogP contribution in [0.5, 0.6) is 0 Å². The van der Waals surface area contributed by atoms with Gasteiger partial charge in [-0.1, -0.05) is 13.8 Å². The van der Waals surface area contributed by atoms with E-state index in [0.717, 1.165) is 23.8 Å². The van der Waals surface area contributed by atoms with Crippen molar-refractivity contribution in [2.45, 2.75) is 27.2 Å². The molecule has 88 valence electrons. The second-order valence-corrected chi connectivity index (χ2v) is 5.25. The first kappa shape index (κ1) is 11.2. The SMILES string of the molecule is CNc1ncc(C)c(NCC2CC2(C)C)n1. The van der Waals surface area contributed by atoms with Crippen LogP contribution < -0.4 is 10.6 Å². The highest BCUT2D eigenvalue weighted by Crippen LogP contribution is 2.51. The van der Waals surface area contributed by atoms with E-state index in [1.165, 1.54) is 6.42 Å². The van der Waals surface area contributed by atoms with Crippen LogP contribution in [0.2, 0.25) is 0 Å². The average molecular weight is 220 g/mol. The Hall–Kier alpha value is -1.32. The largest absolute Gasteiger partial charge is 0.369 e. The van der Waals surface area contributed by atoms with Crippen LogP contribution in [0, 0.1) is 18.3 Å². The van der Waals surface area contributed by atoms with Gasteiger partial charge in [-0.05, 0) is 24.7 Å². The molecule has 1 aromatic rings. The van der Waals surface area contributed by atoms with Crippen molar-refractivity contribution >= 4 is 11.8 Å². The maximum absolute atomic E-state index is 4.40. The Morgan fingerprint density at radius 3 is 2.75 bits per heavy atom. The molecule has 0 aliphatic heterocycles. The number of anilines is 2. The number of hydrogen-bond acceptors (Lipinski definition) is 4. The third kappa shape index (κ3) is 2.26. The Kier molecular flexibility index (Phi) is 2.74. The summed E-state index contributed by atoms with van der Waals surface area (Å²) in [5, 5.41) is 6.37. The highest BCUT2D eigenvalue weighted by Gasteiger charge is 2.45. The summed E-state index contributed by atoms with van der Waals surface area (Å²) < 4.78 is 0. The Balaban J connectivity index is 1.98. The molecule has 4 heteroatoms. The molecular weight excluding hydrogens is 200 g/mol. The summed E-state index contributed by atoms with van der Waals surface area (Å²) in [7, 11) is 1.83. The minimum absolute atomic E-state index is 0.514. The van der Waals surface area contributed by atoms with Gasteiger partial charge in [-0.25, -0.2) is 4.98 Å². The van der Waals surface area contributed by atoms with Crippen molar-refractivity contribution in [3.8, 4) is 0 Å². The number of nitrogens with one attached hydrogen (secondary N) is 2. The molecule has 0 saturated heterocycles. The van der Waals surface area contributed by atoms with Gasteiger partial charge in [0.25, 0.3) is 0 Å². The van der Waals surface area contributed by atoms with Gasteiger partial charge in [0, 0.05) is 25.4 Å². The molecule has 0 amide bonds. The Morgan fingerprint density at radius 2 is 2.19 bits per heavy atom. The van der Waals surface area contributed by atoms with Crippen LogP contribution in [0.25, 0.3) is 0 Å². The van der Waals surface area contributed by atoms with E-state index in [-0.39, 0.29) is 0 Å². The van der Waals surface area contributed by atoms with E-state index in [2.05, 4.69) is 34.4 Å². The van der Waals surface area contributed by atoms with E-state index in [9.17, 15) is 0 Å². The molecule has 0 spiro atoms. The zero-order chi connectivity index (χ0) is 11.8. The maximum atomic E-state index is 4.40. The highest BCUT2D eigenvalue weighted by molar-refractivity contribution is 5.46. The maximum Gasteiger partial charge on any atom is 0.224 e. The smallest absolute Gasteiger partial charge is 0.224 e. The third-order valence-corrected chi connectivity index (χ3v) is 3.43. The molecule has 16 heavy (non-hydrogen) atoms. The van der Waals surface area contributed by atoms with Gasteiger partial charge < -0.3 is 10.6 Å². The van der Waals surface area contributed by atoms with Crippen molar-refractivity contribution in [2.75, 3.05) is 24.2 Å². The fourth-order valence-electron chi connectivity index (χ4n) is 1.89. The summed E-state index contributed by atoms with van der Waals surface area (Å²) in [6.45, 7) is 7.66. The molecule has 1 atom stereocenters. The zero-order valence-corrected chi connectivity index (χ0v) is 10.5. The fraction of sp³-hybridized carbons (Fsp3) is 0.667. The minimum atomic E-state index is 0.514. The molecule has 4 nitrogen and oxygen atoms in total. The van der Waals surface area contributed by atoms with Gasteiger partial charge in [0.1, 0.15) is 5.82 Å².